The molecule has 0 bridgehead atoms. The fourth-order valence-corrected chi connectivity index (χ4v) is 2.76. The van der Waals surface area contributed by atoms with E-state index in [4.69, 9.17) is 0 Å². The van der Waals surface area contributed by atoms with Gasteiger partial charge in [0.1, 0.15) is 11.4 Å². The summed E-state index contributed by atoms with van der Waals surface area (Å²) in [5, 5.41) is 5.06. The molecule has 1 unspecified atom stereocenters. The largest absolute Gasteiger partial charge is 0.588 e. The van der Waals surface area contributed by atoms with Crippen LogP contribution in [0.2, 0.25) is 0 Å². The molecule has 0 aliphatic carbocycles. The highest BCUT2D eigenvalue weighted by Crippen LogP contribution is 2.22. The minimum atomic E-state index is -1.64. The van der Waals surface area contributed by atoms with E-state index in [1.54, 1.807) is 24.7 Å². The Morgan fingerprint density at radius 1 is 1.47 bits per heavy atom. The van der Waals surface area contributed by atoms with Crippen LogP contribution in [0.3, 0.4) is 0 Å². The molecule has 1 atom stereocenters. The molecule has 0 saturated heterocycles. The van der Waals surface area contributed by atoms with Crippen LogP contribution in [0.5, 0.6) is 0 Å². The van der Waals surface area contributed by atoms with Crippen LogP contribution >= 0.6 is 11.3 Å². The maximum atomic E-state index is 13.6. The minimum Gasteiger partial charge on any atom is -0.588 e. The maximum Gasteiger partial charge on any atom is 0.226 e. The molecule has 0 amide bonds. The van der Waals surface area contributed by atoms with E-state index in [1.165, 1.54) is 23.5 Å². The number of nitrogens with zero attached hydrogens (tertiary/aromatic N) is 1. The molecule has 0 spiro atoms. The molecule has 0 aliphatic rings. The van der Waals surface area contributed by atoms with Gasteiger partial charge in [-0.1, -0.05) is 0 Å². The second-order valence-corrected chi connectivity index (χ2v) is 5.18. The quantitative estimate of drug-likeness (QED) is 0.839. The van der Waals surface area contributed by atoms with E-state index in [2.05, 4.69) is 15.0 Å². The first-order valence-corrected chi connectivity index (χ1v) is 6.79. The second-order valence-electron chi connectivity index (χ2n) is 3.10. The highest BCUT2D eigenvalue weighted by atomic mass is 32.2. The lowest BCUT2D eigenvalue weighted by atomic mass is 10.3. The van der Waals surface area contributed by atoms with Crippen LogP contribution in [0.4, 0.5) is 15.2 Å². The summed E-state index contributed by atoms with van der Waals surface area (Å²) >= 11 is -0.330. The molecule has 1 aromatic carbocycles. The molecule has 0 aliphatic heterocycles. The van der Waals surface area contributed by atoms with Crippen LogP contribution in [-0.4, -0.2) is 16.6 Å². The van der Waals surface area contributed by atoms with Crippen molar-refractivity contribution in [1.29, 1.82) is 0 Å². The molecule has 17 heavy (non-hydrogen) atoms. The van der Waals surface area contributed by atoms with Crippen molar-refractivity contribution in [2.45, 2.75) is 4.90 Å². The van der Waals surface area contributed by atoms with Crippen molar-refractivity contribution in [2.75, 3.05) is 17.1 Å². The van der Waals surface area contributed by atoms with Gasteiger partial charge in [0.05, 0.1) is 0 Å². The topological polar surface area (TPSA) is 60.0 Å². The number of thiazole rings is 1. The Balaban J connectivity index is 2.16. The van der Waals surface area contributed by atoms with Crippen molar-refractivity contribution >= 4 is 33.5 Å². The third kappa shape index (κ3) is 2.87. The normalized spacial score (nSPS) is 12.2. The Hall–Kier alpha value is -1.31. The van der Waals surface area contributed by atoms with Gasteiger partial charge in [-0.15, -0.1) is 11.3 Å². The van der Waals surface area contributed by atoms with Gasteiger partial charge < -0.3 is 9.87 Å². The molecular formula is C10H10FN3OS2. The van der Waals surface area contributed by atoms with Crippen LogP contribution in [0.15, 0.2) is 34.7 Å². The number of benzene rings is 1. The smallest absolute Gasteiger partial charge is 0.226 e. The lowest BCUT2D eigenvalue weighted by Gasteiger charge is -2.10. The van der Waals surface area contributed by atoms with Crippen molar-refractivity contribution in [2.24, 2.45) is 0 Å². The zero-order valence-corrected chi connectivity index (χ0v) is 10.6. The predicted octanol–water partition coefficient (Wildman–Crippen LogP) is 2.46. The molecule has 1 heterocycles. The first-order valence-electron chi connectivity index (χ1n) is 4.76. The minimum absolute atomic E-state index is 0.110. The Bertz CT molecular complexity index is 492. The van der Waals surface area contributed by atoms with Crippen LogP contribution in [-0.2, 0) is 11.4 Å². The highest BCUT2D eigenvalue weighted by molar-refractivity contribution is 7.93. The molecule has 0 radical (unpaired) electrons. The average Bonchev–Trinajstić information content (AvgIpc) is 2.81. The summed E-state index contributed by atoms with van der Waals surface area (Å²) in [4.78, 5) is 4.04. The van der Waals surface area contributed by atoms with E-state index in [1.807, 2.05) is 0 Å². The Morgan fingerprint density at radius 2 is 2.29 bits per heavy atom. The number of halogens is 1. The summed E-state index contributed by atoms with van der Waals surface area (Å²) in [5.41, 5.74) is 0.637. The highest BCUT2D eigenvalue weighted by Gasteiger charge is 2.18. The summed E-state index contributed by atoms with van der Waals surface area (Å²) in [5.74, 6) is -0.515. The van der Waals surface area contributed by atoms with Gasteiger partial charge in [0.25, 0.3) is 0 Å². The van der Waals surface area contributed by atoms with Crippen molar-refractivity contribution in [3.8, 4) is 0 Å². The van der Waals surface area contributed by atoms with E-state index in [9.17, 15) is 8.94 Å². The average molecular weight is 271 g/mol. The summed E-state index contributed by atoms with van der Waals surface area (Å²) in [6, 6.07) is 4.45. The van der Waals surface area contributed by atoms with Gasteiger partial charge in [-0.3, -0.25) is 0 Å². The van der Waals surface area contributed by atoms with E-state index in [0.29, 0.717) is 10.8 Å². The monoisotopic (exact) mass is 271 g/mol. The summed E-state index contributed by atoms with van der Waals surface area (Å²) in [7, 11) is 1.69. The lowest BCUT2D eigenvalue weighted by molar-refractivity contribution is 0.570. The Labute approximate surface area is 105 Å². The molecule has 0 saturated carbocycles. The van der Waals surface area contributed by atoms with Crippen LogP contribution < -0.4 is 10.0 Å². The van der Waals surface area contributed by atoms with Crippen LogP contribution in [0.1, 0.15) is 0 Å². The molecule has 90 valence electrons. The van der Waals surface area contributed by atoms with Crippen LogP contribution in [0.25, 0.3) is 0 Å². The fraction of sp³-hybridized carbons (Fsp3) is 0.100. The van der Waals surface area contributed by atoms with Gasteiger partial charge in [-0.2, -0.15) is 4.72 Å². The van der Waals surface area contributed by atoms with Crippen LogP contribution in [0, 0.1) is 5.82 Å². The number of hydrogen-bond donors (Lipinski definition) is 2. The summed E-state index contributed by atoms with van der Waals surface area (Å²) < 4.78 is 28.1. The number of aromatic nitrogens is 1. The van der Waals surface area contributed by atoms with Gasteiger partial charge in [0.15, 0.2) is 5.82 Å². The lowest BCUT2D eigenvalue weighted by Crippen LogP contribution is -2.14. The van der Waals surface area contributed by atoms with Crippen molar-refractivity contribution in [3.05, 3.63) is 35.6 Å². The number of anilines is 2. The first-order chi connectivity index (χ1) is 8.20. The zero-order valence-electron chi connectivity index (χ0n) is 8.94. The van der Waals surface area contributed by atoms with Crippen molar-refractivity contribution in [1.82, 2.24) is 4.98 Å². The number of rotatable bonds is 4. The molecule has 2 rings (SSSR count). The standard InChI is InChI=1S/C10H10FN3OS2/c1-12-7-2-3-9(8(11)6-7)17(15)14-10-13-4-5-16-10/h2-6,12H,1H3,(H,13,14). The van der Waals surface area contributed by atoms with E-state index >= 15 is 0 Å². The fourth-order valence-electron chi connectivity index (χ4n) is 1.21. The summed E-state index contributed by atoms with van der Waals surface area (Å²) in [6.07, 6.45) is 1.59. The molecule has 0 fully saturated rings. The van der Waals surface area contributed by atoms with E-state index in [-0.39, 0.29) is 4.90 Å². The van der Waals surface area contributed by atoms with Gasteiger partial charge in [0, 0.05) is 36.4 Å². The zero-order chi connectivity index (χ0) is 12.3. The Kier molecular flexibility index (Phi) is 3.82. The molecule has 2 N–H and O–H groups in total. The van der Waals surface area contributed by atoms with Gasteiger partial charge in [-0.05, 0) is 6.07 Å². The molecule has 2 aromatic rings. The molecule has 7 heteroatoms. The molecular weight excluding hydrogens is 261 g/mol. The van der Waals surface area contributed by atoms with Gasteiger partial charge in [-0.25, -0.2) is 9.37 Å². The SMILES string of the molecule is CNc1ccc([S+]([O-])Nc2nccs2)c(F)c1. The number of nitrogens with one attached hydrogen (secondary N) is 2. The number of hydrogen-bond acceptors (Lipinski definition) is 5. The second kappa shape index (κ2) is 5.35. The van der Waals surface area contributed by atoms with E-state index in [0.717, 1.165) is 0 Å². The maximum absolute atomic E-state index is 13.6. The summed E-state index contributed by atoms with van der Waals surface area (Å²) in [6.45, 7) is 0. The van der Waals surface area contributed by atoms with Gasteiger partial charge >= 0.3 is 0 Å². The third-order valence-electron chi connectivity index (χ3n) is 2.03. The van der Waals surface area contributed by atoms with E-state index < -0.39 is 17.2 Å². The van der Waals surface area contributed by atoms with Crippen molar-refractivity contribution < 1.29 is 8.94 Å². The van der Waals surface area contributed by atoms with Gasteiger partial charge in [0.2, 0.25) is 10.0 Å². The first kappa shape index (κ1) is 12.2. The molecule has 4 nitrogen and oxygen atoms in total. The molecule has 1 aromatic heterocycles. The Morgan fingerprint density at radius 3 is 2.88 bits per heavy atom. The predicted molar refractivity (Wildman–Crippen MR) is 68.1 cm³/mol. The third-order valence-corrected chi connectivity index (χ3v) is 3.96. The van der Waals surface area contributed by atoms with Crippen molar-refractivity contribution in [3.63, 3.8) is 0 Å².